The monoisotopic (exact) mass is 417 g/mol. The summed E-state index contributed by atoms with van der Waals surface area (Å²) in [6.07, 6.45) is 1.64. The van der Waals surface area contributed by atoms with Crippen LogP contribution in [0.1, 0.15) is 34.5 Å². The molecule has 3 aromatic rings. The van der Waals surface area contributed by atoms with Gasteiger partial charge in [0.15, 0.2) is 5.76 Å². The van der Waals surface area contributed by atoms with E-state index in [1.807, 2.05) is 31.2 Å². The Kier molecular flexibility index (Phi) is 5.37. The van der Waals surface area contributed by atoms with E-state index >= 15 is 0 Å². The molecule has 0 saturated carbocycles. The Morgan fingerprint density at radius 3 is 2.61 bits per heavy atom. The van der Waals surface area contributed by atoms with E-state index in [1.165, 1.54) is 0 Å². The third-order valence-corrected chi connectivity index (χ3v) is 6.05. The molecule has 146 valence electrons. The molecule has 0 spiro atoms. The zero-order chi connectivity index (χ0) is 19.7. The summed E-state index contributed by atoms with van der Waals surface area (Å²) >= 11 is 12.3. The van der Waals surface area contributed by atoms with Crippen molar-refractivity contribution in [3.05, 3.63) is 69.4 Å². The number of carbonyl (C=O) groups is 1. The van der Waals surface area contributed by atoms with Crippen LogP contribution in [-0.2, 0) is 10.2 Å². The first-order valence-corrected chi connectivity index (χ1v) is 10.0. The van der Waals surface area contributed by atoms with Gasteiger partial charge in [-0.25, -0.2) is 0 Å². The van der Waals surface area contributed by atoms with Crippen molar-refractivity contribution in [3.63, 3.8) is 0 Å². The Morgan fingerprint density at radius 2 is 1.86 bits per heavy atom. The maximum Gasteiger partial charge on any atom is 0.287 e. The van der Waals surface area contributed by atoms with Crippen LogP contribution in [0.25, 0.3) is 11.0 Å². The molecule has 1 N–H and O–H groups in total. The molecule has 1 aliphatic rings. The minimum absolute atomic E-state index is 0.206. The second kappa shape index (κ2) is 7.78. The number of halogens is 2. The Balaban J connectivity index is 1.59. The lowest BCUT2D eigenvalue weighted by Crippen LogP contribution is -2.44. The van der Waals surface area contributed by atoms with Crippen molar-refractivity contribution in [1.29, 1.82) is 0 Å². The molecule has 0 aliphatic carbocycles. The largest absolute Gasteiger partial charge is 0.451 e. The number of fused-ring (bicyclic) bond motifs is 1. The number of benzene rings is 2. The molecule has 4 rings (SSSR count). The fraction of sp³-hybridized carbons (Fsp3) is 0.318. The number of amides is 1. The molecule has 2 heterocycles. The zero-order valence-corrected chi connectivity index (χ0v) is 17.1. The van der Waals surface area contributed by atoms with Crippen LogP contribution in [0.15, 0.2) is 46.9 Å². The van der Waals surface area contributed by atoms with E-state index in [9.17, 15) is 4.79 Å². The number of ether oxygens (including phenoxy) is 1. The molecule has 0 atom stereocenters. The van der Waals surface area contributed by atoms with Crippen LogP contribution < -0.4 is 5.32 Å². The van der Waals surface area contributed by atoms with E-state index < -0.39 is 0 Å². The lowest BCUT2D eigenvalue weighted by Gasteiger charge is -2.38. The first-order chi connectivity index (χ1) is 13.5. The average Bonchev–Trinajstić information content (AvgIpc) is 3.03. The van der Waals surface area contributed by atoms with Crippen molar-refractivity contribution in [3.8, 4) is 0 Å². The normalized spacial score (nSPS) is 16.2. The molecule has 6 heteroatoms. The van der Waals surface area contributed by atoms with Gasteiger partial charge in [0, 0.05) is 46.2 Å². The van der Waals surface area contributed by atoms with Crippen molar-refractivity contribution >= 4 is 40.1 Å². The number of hydrogen-bond donors (Lipinski definition) is 1. The standard InChI is InChI=1S/C22H21Cl2NO3/c1-14-18-12-17(24)5-6-19(18)28-20(14)21(26)25-13-22(7-9-27-10-8-22)15-3-2-4-16(23)11-15/h2-6,11-12H,7-10,13H2,1H3,(H,25,26). The van der Waals surface area contributed by atoms with Gasteiger partial charge in [-0.15, -0.1) is 0 Å². The van der Waals surface area contributed by atoms with Crippen molar-refractivity contribution in [2.45, 2.75) is 25.2 Å². The molecule has 1 aliphatic heterocycles. The highest BCUT2D eigenvalue weighted by Gasteiger charge is 2.35. The summed E-state index contributed by atoms with van der Waals surface area (Å²) in [4.78, 5) is 12.9. The number of furan rings is 1. The van der Waals surface area contributed by atoms with Crippen molar-refractivity contribution in [2.24, 2.45) is 0 Å². The molecule has 2 aromatic carbocycles. The summed E-state index contributed by atoms with van der Waals surface area (Å²) in [7, 11) is 0. The highest BCUT2D eigenvalue weighted by Crippen LogP contribution is 2.36. The van der Waals surface area contributed by atoms with Crippen LogP contribution >= 0.6 is 23.2 Å². The van der Waals surface area contributed by atoms with Crippen molar-refractivity contribution in [2.75, 3.05) is 19.8 Å². The van der Waals surface area contributed by atoms with Gasteiger partial charge >= 0.3 is 0 Å². The van der Waals surface area contributed by atoms with Gasteiger partial charge in [-0.05, 0) is 55.7 Å². The molecule has 1 amide bonds. The molecule has 0 radical (unpaired) electrons. The van der Waals surface area contributed by atoms with Crippen LogP contribution in [0.5, 0.6) is 0 Å². The molecule has 1 fully saturated rings. The lowest BCUT2D eigenvalue weighted by molar-refractivity contribution is 0.0484. The second-order valence-electron chi connectivity index (χ2n) is 7.28. The van der Waals surface area contributed by atoms with Crippen LogP contribution in [0.2, 0.25) is 10.0 Å². The molecular weight excluding hydrogens is 397 g/mol. The Labute approximate surface area is 173 Å². The summed E-state index contributed by atoms with van der Waals surface area (Å²) in [6, 6.07) is 13.2. The fourth-order valence-electron chi connectivity index (χ4n) is 3.89. The zero-order valence-electron chi connectivity index (χ0n) is 15.6. The van der Waals surface area contributed by atoms with Crippen molar-refractivity contribution < 1.29 is 13.9 Å². The number of aryl methyl sites for hydroxylation is 1. The van der Waals surface area contributed by atoms with Crippen LogP contribution in [-0.4, -0.2) is 25.7 Å². The Bertz CT molecular complexity index is 1020. The first kappa shape index (κ1) is 19.3. The second-order valence-corrected chi connectivity index (χ2v) is 8.16. The van der Waals surface area contributed by atoms with Gasteiger partial charge in [0.2, 0.25) is 0 Å². The third-order valence-electron chi connectivity index (χ3n) is 5.58. The first-order valence-electron chi connectivity index (χ1n) is 9.29. The Morgan fingerprint density at radius 1 is 1.11 bits per heavy atom. The fourth-order valence-corrected chi connectivity index (χ4v) is 4.25. The molecule has 0 bridgehead atoms. The lowest BCUT2D eigenvalue weighted by atomic mass is 9.74. The van der Waals surface area contributed by atoms with E-state index in [2.05, 4.69) is 11.4 Å². The quantitative estimate of drug-likeness (QED) is 0.607. The summed E-state index contributed by atoms with van der Waals surface area (Å²) in [6.45, 7) is 3.68. The Hall–Kier alpha value is -2.01. The third kappa shape index (κ3) is 3.64. The summed E-state index contributed by atoms with van der Waals surface area (Å²) in [5.74, 6) is 0.100. The van der Waals surface area contributed by atoms with Crippen LogP contribution in [0, 0.1) is 6.92 Å². The minimum Gasteiger partial charge on any atom is -0.451 e. The summed E-state index contributed by atoms with van der Waals surface area (Å²) in [5, 5.41) is 5.24. The van der Waals surface area contributed by atoms with Gasteiger partial charge in [-0.1, -0.05) is 35.3 Å². The number of carbonyl (C=O) groups excluding carboxylic acids is 1. The number of rotatable bonds is 4. The van der Waals surface area contributed by atoms with Crippen LogP contribution in [0.4, 0.5) is 0 Å². The van der Waals surface area contributed by atoms with Crippen LogP contribution in [0.3, 0.4) is 0 Å². The maximum atomic E-state index is 12.9. The van der Waals surface area contributed by atoms with Gasteiger partial charge in [0.25, 0.3) is 5.91 Å². The van der Waals surface area contributed by atoms with E-state index in [4.69, 9.17) is 32.4 Å². The van der Waals surface area contributed by atoms with Gasteiger partial charge in [0.05, 0.1) is 0 Å². The van der Waals surface area contributed by atoms with E-state index in [0.29, 0.717) is 41.1 Å². The highest BCUT2D eigenvalue weighted by atomic mass is 35.5. The average molecular weight is 418 g/mol. The van der Waals surface area contributed by atoms with E-state index in [0.717, 1.165) is 29.4 Å². The predicted octanol–water partition coefficient (Wildman–Crippen LogP) is 5.53. The molecular formula is C22H21Cl2NO3. The predicted molar refractivity (Wildman–Crippen MR) is 111 cm³/mol. The van der Waals surface area contributed by atoms with E-state index in [-0.39, 0.29) is 11.3 Å². The summed E-state index contributed by atoms with van der Waals surface area (Å²) < 4.78 is 11.4. The minimum atomic E-state index is -0.224. The van der Waals surface area contributed by atoms with Gasteiger partial charge < -0.3 is 14.5 Å². The molecule has 4 nitrogen and oxygen atoms in total. The van der Waals surface area contributed by atoms with Gasteiger partial charge in [-0.3, -0.25) is 4.79 Å². The van der Waals surface area contributed by atoms with E-state index in [1.54, 1.807) is 12.1 Å². The van der Waals surface area contributed by atoms with Crippen molar-refractivity contribution in [1.82, 2.24) is 5.32 Å². The molecule has 28 heavy (non-hydrogen) atoms. The van der Waals surface area contributed by atoms with Gasteiger partial charge in [0.1, 0.15) is 5.58 Å². The maximum absolute atomic E-state index is 12.9. The number of hydrogen-bond acceptors (Lipinski definition) is 3. The molecule has 1 aromatic heterocycles. The number of nitrogens with one attached hydrogen (secondary N) is 1. The topological polar surface area (TPSA) is 51.5 Å². The molecule has 1 saturated heterocycles. The summed E-state index contributed by atoms with van der Waals surface area (Å²) in [5.41, 5.74) is 2.36. The SMILES string of the molecule is Cc1c(C(=O)NCC2(c3cccc(Cl)c3)CCOCC2)oc2ccc(Cl)cc12. The smallest absolute Gasteiger partial charge is 0.287 e. The molecule has 0 unspecified atom stereocenters. The highest BCUT2D eigenvalue weighted by molar-refractivity contribution is 6.31. The van der Waals surface area contributed by atoms with Gasteiger partial charge in [-0.2, -0.15) is 0 Å².